The SMILES string of the molecule is O=C(CSc1nnc(-c2ccccc2)n1-c1ccccc1)NCCNC(=O)c1ccc(O)cc1. The molecule has 0 spiro atoms. The van der Waals surface area contributed by atoms with Crippen LogP contribution in [0.4, 0.5) is 0 Å². The molecule has 34 heavy (non-hydrogen) atoms. The van der Waals surface area contributed by atoms with Crippen molar-refractivity contribution in [3.63, 3.8) is 0 Å². The molecule has 0 atom stereocenters. The number of amides is 2. The monoisotopic (exact) mass is 473 g/mol. The lowest BCUT2D eigenvalue weighted by Crippen LogP contribution is -2.35. The number of aromatic nitrogens is 3. The van der Waals surface area contributed by atoms with Gasteiger partial charge in [-0.05, 0) is 36.4 Å². The lowest BCUT2D eigenvalue weighted by molar-refractivity contribution is -0.118. The normalized spacial score (nSPS) is 10.6. The summed E-state index contributed by atoms with van der Waals surface area (Å²) in [5.74, 6) is 0.513. The quantitative estimate of drug-likeness (QED) is 0.254. The summed E-state index contributed by atoms with van der Waals surface area (Å²) in [4.78, 5) is 24.4. The summed E-state index contributed by atoms with van der Waals surface area (Å²) in [6, 6.07) is 25.5. The van der Waals surface area contributed by atoms with Gasteiger partial charge in [0.05, 0.1) is 5.75 Å². The maximum absolute atomic E-state index is 12.4. The zero-order valence-electron chi connectivity index (χ0n) is 18.2. The van der Waals surface area contributed by atoms with Gasteiger partial charge in [-0.3, -0.25) is 14.2 Å². The maximum Gasteiger partial charge on any atom is 0.251 e. The summed E-state index contributed by atoms with van der Waals surface area (Å²) in [5, 5.41) is 24.1. The Morgan fingerprint density at radius 1 is 0.824 bits per heavy atom. The van der Waals surface area contributed by atoms with Crippen molar-refractivity contribution >= 4 is 23.6 Å². The molecular formula is C25H23N5O3S. The molecule has 0 saturated heterocycles. The van der Waals surface area contributed by atoms with Crippen molar-refractivity contribution in [3.8, 4) is 22.8 Å². The van der Waals surface area contributed by atoms with Gasteiger partial charge < -0.3 is 15.7 Å². The van der Waals surface area contributed by atoms with Crippen molar-refractivity contribution in [2.75, 3.05) is 18.8 Å². The van der Waals surface area contributed by atoms with E-state index in [0.717, 1.165) is 11.3 Å². The van der Waals surface area contributed by atoms with Crippen LogP contribution in [-0.4, -0.2) is 50.5 Å². The first-order chi connectivity index (χ1) is 16.6. The summed E-state index contributed by atoms with van der Waals surface area (Å²) in [7, 11) is 0. The summed E-state index contributed by atoms with van der Waals surface area (Å²) in [5.41, 5.74) is 2.28. The molecule has 8 nitrogen and oxygen atoms in total. The third-order valence-electron chi connectivity index (χ3n) is 4.87. The minimum absolute atomic E-state index is 0.0975. The Kier molecular flexibility index (Phi) is 7.56. The summed E-state index contributed by atoms with van der Waals surface area (Å²) >= 11 is 1.29. The van der Waals surface area contributed by atoms with E-state index >= 15 is 0 Å². The van der Waals surface area contributed by atoms with Crippen LogP contribution >= 0.6 is 11.8 Å². The first-order valence-electron chi connectivity index (χ1n) is 10.6. The van der Waals surface area contributed by atoms with E-state index in [9.17, 15) is 14.7 Å². The zero-order valence-corrected chi connectivity index (χ0v) is 19.0. The predicted molar refractivity (Wildman–Crippen MR) is 131 cm³/mol. The minimum Gasteiger partial charge on any atom is -0.508 e. The number of hydrogen-bond acceptors (Lipinski definition) is 6. The number of nitrogens with zero attached hydrogens (tertiary/aromatic N) is 3. The molecule has 0 aliphatic heterocycles. The highest BCUT2D eigenvalue weighted by Crippen LogP contribution is 2.27. The van der Waals surface area contributed by atoms with Gasteiger partial charge in [0.2, 0.25) is 5.91 Å². The second-order valence-electron chi connectivity index (χ2n) is 7.28. The largest absolute Gasteiger partial charge is 0.508 e. The van der Waals surface area contributed by atoms with E-state index in [0.29, 0.717) is 23.1 Å². The summed E-state index contributed by atoms with van der Waals surface area (Å²) < 4.78 is 1.94. The van der Waals surface area contributed by atoms with Crippen molar-refractivity contribution in [2.24, 2.45) is 0 Å². The van der Waals surface area contributed by atoms with E-state index in [2.05, 4.69) is 20.8 Å². The van der Waals surface area contributed by atoms with Gasteiger partial charge in [0, 0.05) is 29.9 Å². The topological polar surface area (TPSA) is 109 Å². The number of para-hydroxylation sites is 1. The fourth-order valence-electron chi connectivity index (χ4n) is 3.22. The van der Waals surface area contributed by atoms with Crippen LogP contribution in [-0.2, 0) is 4.79 Å². The van der Waals surface area contributed by atoms with Crippen molar-refractivity contribution in [1.29, 1.82) is 0 Å². The van der Waals surface area contributed by atoms with E-state index in [4.69, 9.17) is 0 Å². The number of rotatable bonds is 9. The van der Waals surface area contributed by atoms with Crippen LogP contribution in [0.2, 0.25) is 0 Å². The number of benzene rings is 3. The van der Waals surface area contributed by atoms with Gasteiger partial charge in [0.25, 0.3) is 5.91 Å². The molecule has 1 aromatic heterocycles. The predicted octanol–water partition coefficient (Wildman–Crippen LogP) is 3.28. The average Bonchev–Trinajstić information content (AvgIpc) is 3.31. The number of hydrogen-bond donors (Lipinski definition) is 3. The molecule has 0 saturated carbocycles. The van der Waals surface area contributed by atoms with Gasteiger partial charge in [-0.1, -0.05) is 60.3 Å². The van der Waals surface area contributed by atoms with Crippen LogP contribution in [0, 0.1) is 0 Å². The summed E-state index contributed by atoms with van der Waals surface area (Å²) in [6.45, 7) is 0.582. The van der Waals surface area contributed by atoms with E-state index in [1.807, 2.05) is 65.2 Å². The molecule has 9 heteroatoms. The van der Waals surface area contributed by atoms with E-state index in [1.54, 1.807) is 0 Å². The average molecular weight is 474 g/mol. The Hall–Kier alpha value is -4.11. The van der Waals surface area contributed by atoms with Crippen LogP contribution in [0.15, 0.2) is 90.1 Å². The smallest absolute Gasteiger partial charge is 0.251 e. The highest BCUT2D eigenvalue weighted by molar-refractivity contribution is 7.99. The number of carbonyl (C=O) groups is 2. The fraction of sp³-hybridized carbons (Fsp3) is 0.120. The lowest BCUT2D eigenvalue weighted by Gasteiger charge is -2.10. The molecule has 0 aliphatic carbocycles. The summed E-state index contributed by atoms with van der Waals surface area (Å²) in [6.07, 6.45) is 0. The van der Waals surface area contributed by atoms with Crippen molar-refractivity contribution in [3.05, 3.63) is 90.5 Å². The standard InChI is InChI=1S/C25H23N5O3S/c31-21-13-11-19(12-14-21)24(33)27-16-15-26-22(32)17-34-25-29-28-23(18-7-3-1-4-8-18)30(25)20-9-5-2-6-10-20/h1-14,31H,15-17H2,(H,26,32)(H,27,33). The van der Waals surface area contributed by atoms with Crippen LogP contribution in [0.3, 0.4) is 0 Å². The van der Waals surface area contributed by atoms with Gasteiger partial charge in [0.15, 0.2) is 11.0 Å². The van der Waals surface area contributed by atoms with Crippen LogP contribution in [0.25, 0.3) is 17.1 Å². The molecule has 0 aliphatic rings. The molecule has 0 bridgehead atoms. The van der Waals surface area contributed by atoms with Crippen LogP contribution in [0.1, 0.15) is 10.4 Å². The first kappa shape index (κ1) is 23.1. The number of carbonyl (C=O) groups excluding carboxylic acids is 2. The van der Waals surface area contributed by atoms with Gasteiger partial charge in [-0.25, -0.2) is 0 Å². The Balaban J connectivity index is 1.33. The van der Waals surface area contributed by atoms with Crippen molar-refractivity contribution < 1.29 is 14.7 Å². The highest BCUT2D eigenvalue weighted by atomic mass is 32.2. The molecule has 3 N–H and O–H groups in total. The van der Waals surface area contributed by atoms with E-state index in [1.165, 1.54) is 36.0 Å². The Bertz CT molecular complexity index is 1240. The van der Waals surface area contributed by atoms with E-state index < -0.39 is 0 Å². The van der Waals surface area contributed by atoms with Gasteiger partial charge >= 0.3 is 0 Å². The van der Waals surface area contributed by atoms with Gasteiger partial charge in [0.1, 0.15) is 5.75 Å². The molecule has 3 aromatic carbocycles. The molecule has 4 aromatic rings. The van der Waals surface area contributed by atoms with Crippen molar-refractivity contribution in [1.82, 2.24) is 25.4 Å². The molecule has 0 radical (unpaired) electrons. The molecule has 172 valence electrons. The molecule has 0 fully saturated rings. The molecule has 4 rings (SSSR count). The zero-order chi connectivity index (χ0) is 23.8. The number of nitrogens with one attached hydrogen (secondary N) is 2. The van der Waals surface area contributed by atoms with Crippen LogP contribution < -0.4 is 10.6 Å². The number of aromatic hydroxyl groups is 1. The molecular weight excluding hydrogens is 450 g/mol. The highest BCUT2D eigenvalue weighted by Gasteiger charge is 2.17. The van der Waals surface area contributed by atoms with Gasteiger partial charge in [-0.2, -0.15) is 0 Å². The maximum atomic E-state index is 12.4. The number of phenols is 1. The van der Waals surface area contributed by atoms with Crippen molar-refractivity contribution in [2.45, 2.75) is 5.16 Å². The van der Waals surface area contributed by atoms with Gasteiger partial charge in [-0.15, -0.1) is 10.2 Å². The lowest BCUT2D eigenvalue weighted by atomic mass is 10.2. The minimum atomic E-state index is -0.270. The number of phenolic OH excluding ortho intramolecular Hbond substituents is 1. The Labute approximate surface area is 201 Å². The first-order valence-corrected chi connectivity index (χ1v) is 11.6. The van der Waals surface area contributed by atoms with Crippen LogP contribution in [0.5, 0.6) is 5.75 Å². The number of thioether (sulfide) groups is 1. The molecule has 0 unspecified atom stereocenters. The van der Waals surface area contributed by atoms with E-state index in [-0.39, 0.29) is 29.9 Å². The fourth-order valence-corrected chi connectivity index (χ4v) is 4.00. The molecule has 1 heterocycles. The molecule has 2 amide bonds. The Morgan fingerprint density at radius 3 is 2.18 bits per heavy atom. The third-order valence-corrected chi connectivity index (χ3v) is 5.80. The second-order valence-corrected chi connectivity index (χ2v) is 8.23. The Morgan fingerprint density at radius 2 is 1.47 bits per heavy atom. The third kappa shape index (κ3) is 5.81. The second kappa shape index (κ2) is 11.2.